The highest BCUT2D eigenvalue weighted by Crippen LogP contribution is 2.25. The number of aromatic nitrogens is 1. The van der Waals surface area contributed by atoms with Crippen molar-refractivity contribution in [3.05, 3.63) is 49.6 Å². The van der Waals surface area contributed by atoms with Gasteiger partial charge in [0.05, 0.1) is 0 Å². The molecule has 0 amide bonds. The molecule has 0 saturated carbocycles. The van der Waals surface area contributed by atoms with E-state index in [0.717, 1.165) is 38.4 Å². The minimum absolute atomic E-state index is 0.0720. The van der Waals surface area contributed by atoms with Gasteiger partial charge in [-0.25, -0.2) is 0 Å². The second-order valence-electron chi connectivity index (χ2n) is 6.99. The number of benzene rings is 1. The van der Waals surface area contributed by atoms with E-state index in [9.17, 15) is 4.79 Å². The molecule has 24 heavy (non-hydrogen) atoms. The number of aromatic amines is 1. The highest BCUT2D eigenvalue weighted by atomic mass is 32.1. The SMILES string of the molecule is Cc1cccc(N2CCN(Cc3sc(=O)[nH]c3C(C)C)CC2)c1C. The molecule has 5 heteroatoms. The van der Waals surface area contributed by atoms with Crippen LogP contribution in [0.3, 0.4) is 0 Å². The van der Waals surface area contributed by atoms with Crippen molar-refractivity contribution in [2.45, 2.75) is 40.2 Å². The van der Waals surface area contributed by atoms with Crippen LogP contribution in [0, 0.1) is 13.8 Å². The van der Waals surface area contributed by atoms with Crippen molar-refractivity contribution >= 4 is 17.0 Å². The van der Waals surface area contributed by atoms with Gasteiger partial charge < -0.3 is 9.88 Å². The Morgan fingerprint density at radius 3 is 2.54 bits per heavy atom. The lowest BCUT2D eigenvalue weighted by molar-refractivity contribution is 0.251. The molecular formula is C19H27N3OS. The van der Waals surface area contributed by atoms with Crippen molar-refractivity contribution in [2.75, 3.05) is 31.1 Å². The van der Waals surface area contributed by atoms with Gasteiger partial charge in [-0.1, -0.05) is 37.3 Å². The van der Waals surface area contributed by atoms with Crippen molar-refractivity contribution in [3.63, 3.8) is 0 Å². The van der Waals surface area contributed by atoms with Crippen molar-refractivity contribution in [1.29, 1.82) is 0 Å². The van der Waals surface area contributed by atoms with Crippen LogP contribution in [-0.2, 0) is 6.54 Å². The number of rotatable bonds is 4. The minimum atomic E-state index is 0.0720. The largest absolute Gasteiger partial charge is 0.369 e. The molecule has 1 aliphatic rings. The van der Waals surface area contributed by atoms with Crippen LogP contribution >= 0.6 is 11.3 Å². The Morgan fingerprint density at radius 1 is 1.17 bits per heavy atom. The second-order valence-corrected chi connectivity index (χ2v) is 8.06. The summed E-state index contributed by atoms with van der Waals surface area (Å²) in [4.78, 5) is 20.9. The molecule has 2 heterocycles. The molecule has 1 aromatic heterocycles. The standard InChI is InChI=1S/C19H27N3OS/c1-13(2)18-17(24-19(23)20-18)12-21-8-10-22(11-9-21)16-7-5-6-14(3)15(16)4/h5-7,13H,8-12H2,1-4H3,(H,20,23). The Morgan fingerprint density at radius 2 is 1.88 bits per heavy atom. The molecule has 1 fully saturated rings. The zero-order valence-electron chi connectivity index (χ0n) is 15.1. The Labute approximate surface area is 148 Å². The van der Waals surface area contributed by atoms with Crippen LogP contribution in [-0.4, -0.2) is 36.1 Å². The van der Waals surface area contributed by atoms with Crippen LogP contribution in [0.1, 0.15) is 41.5 Å². The first-order valence-corrected chi connectivity index (χ1v) is 9.52. The zero-order chi connectivity index (χ0) is 17.3. The third-order valence-corrected chi connectivity index (χ3v) is 5.87. The van der Waals surface area contributed by atoms with E-state index in [1.165, 1.54) is 33.0 Å². The summed E-state index contributed by atoms with van der Waals surface area (Å²) < 4.78 is 0. The summed E-state index contributed by atoms with van der Waals surface area (Å²) in [5, 5.41) is 0. The van der Waals surface area contributed by atoms with Gasteiger partial charge in [0.1, 0.15) is 0 Å². The summed E-state index contributed by atoms with van der Waals surface area (Å²) in [6.07, 6.45) is 0. The van der Waals surface area contributed by atoms with Crippen molar-refractivity contribution in [2.24, 2.45) is 0 Å². The van der Waals surface area contributed by atoms with Crippen molar-refractivity contribution < 1.29 is 0 Å². The van der Waals surface area contributed by atoms with Gasteiger partial charge >= 0.3 is 4.87 Å². The monoisotopic (exact) mass is 345 g/mol. The molecule has 2 aromatic rings. The van der Waals surface area contributed by atoms with E-state index in [-0.39, 0.29) is 4.87 Å². The van der Waals surface area contributed by atoms with Crippen LogP contribution in [0.4, 0.5) is 5.69 Å². The van der Waals surface area contributed by atoms with E-state index in [0.29, 0.717) is 5.92 Å². The molecule has 130 valence electrons. The minimum Gasteiger partial charge on any atom is -0.369 e. The second kappa shape index (κ2) is 7.11. The lowest BCUT2D eigenvalue weighted by Crippen LogP contribution is -2.46. The van der Waals surface area contributed by atoms with Crippen LogP contribution in [0.5, 0.6) is 0 Å². The fourth-order valence-corrected chi connectivity index (χ4v) is 4.41. The smallest absolute Gasteiger partial charge is 0.304 e. The summed E-state index contributed by atoms with van der Waals surface area (Å²) in [5.41, 5.74) is 5.22. The molecule has 0 atom stereocenters. The highest BCUT2D eigenvalue weighted by molar-refractivity contribution is 7.09. The van der Waals surface area contributed by atoms with E-state index >= 15 is 0 Å². The van der Waals surface area contributed by atoms with Gasteiger partial charge in [0.15, 0.2) is 0 Å². The molecule has 1 saturated heterocycles. The van der Waals surface area contributed by atoms with Crippen molar-refractivity contribution in [1.82, 2.24) is 9.88 Å². The van der Waals surface area contributed by atoms with E-state index in [4.69, 9.17) is 0 Å². The highest BCUT2D eigenvalue weighted by Gasteiger charge is 2.21. The molecule has 3 rings (SSSR count). The summed E-state index contributed by atoms with van der Waals surface area (Å²) in [6.45, 7) is 13.7. The average Bonchev–Trinajstić information content (AvgIpc) is 2.92. The zero-order valence-corrected chi connectivity index (χ0v) is 15.9. The lowest BCUT2D eigenvalue weighted by atomic mass is 10.1. The average molecular weight is 346 g/mol. The van der Waals surface area contributed by atoms with E-state index in [1.807, 2.05) is 0 Å². The van der Waals surface area contributed by atoms with Gasteiger partial charge in [0.25, 0.3) is 0 Å². The van der Waals surface area contributed by atoms with Crippen LogP contribution in [0.25, 0.3) is 0 Å². The summed E-state index contributed by atoms with van der Waals surface area (Å²) in [5.74, 6) is 0.371. The fourth-order valence-electron chi connectivity index (χ4n) is 3.38. The number of hydrogen-bond donors (Lipinski definition) is 1. The first-order chi connectivity index (χ1) is 11.5. The maximum atomic E-state index is 11.7. The lowest BCUT2D eigenvalue weighted by Gasteiger charge is -2.37. The van der Waals surface area contributed by atoms with Crippen LogP contribution in [0.15, 0.2) is 23.0 Å². The molecule has 1 aliphatic heterocycles. The molecule has 4 nitrogen and oxygen atoms in total. The molecule has 0 bridgehead atoms. The number of nitrogens with one attached hydrogen (secondary N) is 1. The van der Waals surface area contributed by atoms with Gasteiger partial charge in [0.2, 0.25) is 0 Å². The molecule has 1 aromatic carbocycles. The first kappa shape index (κ1) is 17.2. The number of nitrogens with zero attached hydrogens (tertiary/aromatic N) is 2. The normalized spacial score (nSPS) is 16.1. The Bertz CT molecular complexity index is 754. The quantitative estimate of drug-likeness (QED) is 0.922. The van der Waals surface area contributed by atoms with Crippen LogP contribution in [0.2, 0.25) is 0 Å². The van der Waals surface area contributed by atoms with E-state index in [2.05, 4.69) is 60.7 Å². The number of H-pyrrole nitrogens is 1. The van der Waals surface area contributed by atoms with Crippen LogP contribution < -0.4 is 9.77 Å². The molecule has 0 radical (unpaired) electrons. The van der Waals surface area contributed by atoms with Gasteiger partial charge in [-0.05, 0) is 37.0 Å². The van der Waals surface area contributed by atoms with Gasteiger partial charge in [-0.2, -0.15) is 0 Å². The number of aryl methyl sites for hydroxylation is 1. The number of hydrogen-bond acceptors (Lipinski definition) is 4. The van der Waals surface area contributed by atoms with Gasteiger partial charge in [-0.15, -0.1) is 0 Å². The Hall–Kier alpha value is -1.59. The van der Waals surface area contributed by atoms with Crippen molar-refractivity contribution in [3.8, 4) is 0 Å². The van der Waals surface area contributed by atoms with Gasteiger partial charge in [-0.3, -0.25) is 9.69 Å². The predicted octanol–water partition coefficient (Wildman–Crippen LogP) is 3.50. The number of thiazole rings is 1. The Balaban J connectivity index is 1.65. The van der Waals surface area contributed by atoms with E-state index in [1.54, 1.807) is 0 Å². The van der Waals surface area contributed by atoms with E-state index < -0.39 is 0 Å². The molecular weight excluding hydrogens is 318 g/mol. The fraction of sp³-hybridized carbons (Fsp3) is 0.526. The first-order valence-electron chi connectivity index (χ1n) is 8.71. The molecule has 1 N–H and O–H groups in total. The summed E-state index contributed by atoms with van der Waals surface area (Å²) in [6, 6.07) is 6.55. The molecule has 0 aliphatic carbocycles. The third-order valence-electron chi connectivity index (χ3n) is 4.99. The topological polar surface area (TPSA) is 39.3 Å². The maximum Gasteiger partial charge on any atom is 0.304 e. The number of anilines is 1. The number of piperazine rings is 1. The van der Waals surface area contributed by atoms with Gasteiger partial charge in [0, 0.05) is 49.0 Å². The predicted molar refractivity (Wildman–Crippen MR) is 102 cm³/mol. The Kier molecular flexibility index (Phi) is 5.11. The molecule has 0 spiro atoms. The summed E-state index contributed by atoms with van der Waals surface area (Å²) in [7, 11) is 0. The maximum absolute atomic E-state index is 11.7. The molecule has 0 unspecified atom stereocenters. The summed E-state index contributed by atoms with van der Waals surface area (Å²) >= 11 is 1.37. The third kappa shape index (κ3) is 3.57.